The first-order chi connectivity index (χ1) is 10.7. The Labute approximate surface area is 132 Å². The monoisotopic (exact) mass is 309 g/mol. The van der Waals surface area contributed by atoms with Gasteiger partial charge in [-0.15, -0.1) is 11.3 Å². The number of carbonyl (C=O) groups excluding carboxylic acids is 1. The number of rotatable bonds is 3. The number of thiazole rings is 1. The number of hydrogen-bond acceptors (Lipinski definition) is 3. The van der Waals surface area contributed by atoms with E-state index in [0.717, 1.165) is 0 Å². The molecule has 0 aliphatic rings. The molecule has 2 aromatic heterocycles. The first-order valence-electron chi connectivity index (χ1n) is 6.91. The minimum Gasteiger partial charge on any atom is -0.319 e. The highest BCUT2D eigenvalue weighted by Gasteiger charge is 2.05. The van der Waals surface area contributed by atoms with E-state index in [2.05, 4.69) is 41.2 Å². The van der Waals surface area contributed by atoms with Gasteiger partial charge in [-0.2, -0.15) is 4.99 Å². The summed E-state index contributed by atoms with van der Waals surface area (Å²) < 4.78 is 1.98. The Kier molecular flexibility index (Phi) is 4.25. The minimum atomic E-state index is -0.270. The number of carbonyl (C=O) groups is 1. The molecule has 1 amide bonds. The third kappa shape index (κ3) is 3.38. The topological polar surface area (TPSA) is 47.2 Å². The van der Waals surface area contributed by atoms with Crippen molar-refractivity contribution in [3.05, 3.63) is 81.9 Å². The molecule has 0 bridgehead atoms. The summed E-state index contributed by atoms with van der Waals surface area (Å²) in [4.78, 5) is 21.0. The van der Waals surface area contributed by atoms with Crippen LogP contribution in [0.1, 0.15) is 21.5 Å². The average Bonchev–Trinajstić information content (AvgIpc) is 2.97. The van der Waals surface area contributed by atoms with Crippen LogP contribution in [0, 0.1) is 6.92 Å². The van der Waals surface area contributed by atoms with E-state index < -0.39 is 0 Å². The predicted octanol–water partition coefficient (Wildman–Crippen LogP) is 3.04. The van der Waals surface area contributed by atoms with Gasteiger partial charge in [0.1, 0.15) is 0 Å². The zero-order valence-corrected chi connectivity index (χ0v) is 13.0. The summed E-state index contributed by atoms with van der Waals surface area (Å²) >= 11 is 1.45. The number of nitrogens with zero attached hydrogens (tertiary/aromatic N) is 3. The van der Waals surface area contributed by atoms with Gasteiger partial charge in [0.15, 0.2) is 4.80 Å². The van der Waals surface area contributed by atoms with Gasteiger partial charge in [0.05, 0.1) is 5.56 Å². The van der Waals surface area contributed by atoms with Crippen molar-refractivity contribution < 1.29 is 4.79 Å². The third-order valence-electron chi connectivity index (χ3n) is 3.24. The summed E-state index contributed by atoms with van der Waals surface area (Å²) in [6.45, 7) is 2.76. The van der Waals surface area contributed by atoms with Gasteiger partial charge in [0, 0.05) is 30.5 Å². The van der Waals surface area contributed by atoms with E-state index in [9.17, 15) is 4.79 Å². The second kappa shape index (κ2) is 6.49. The minimum absolute atomic E-state index is 0.270. The fourth-order valence-corrected chi connectivity index (χ4v) is 2.76. The molecule has 0 radical (unpaired) electrons. The van der Waals surface area contributed by atoms with E-state index >= 15 is 0 Å². The number of amides is 1. The highest BCUT2D eigenvalue weighted by atomic mass is 32.1. The van der Waals surface area contributed by atoms with Crippen LogP contribution in [0.5, 0.6) is 0 Å². The average molecular weight is 309 g/mol. The van der Waals surface area contributed by atoms with Crippen molar-refractivity contribution in [2.45, 2.75) is 13.5 Å². The van der Waals surface area contributed by atoms with Crippen molar-refractivity contribution in [2.24, 2.45) is 4.99 Å². The quantitative estimate of drug-likeness (QED) is 0.746. The lowest BCUT2D eigenvalue weighted by Crippen LogP contribution is -2.17. The summed E-state index contributed by atoms with van der Waals surface area (Å²) in [6.07, 6.45) is 5.11. The third-order valence-corrected chi connectivity index (χ3v) is 4.03. The zero-order chi connectivity index (χ0) is 15.4. The maximum Gasteiger partial charge on any atom is 0.281 e. The van der Waals surface area contributed by atoms with Crippen LogP contribution >= 0.6 is 11.3 Å². The summed E-state index contributed by atoms with van der Waals surface area (Å²) in [5, 5.41) is 1.93. The molecule has 0 saturated carbocycles. The Morgan fingerprint density at radius 3 is 2.82 bits per heavy atom. The molecule has 22 heavy (non-hydrogen) atoms. The van der Waals surface area contributed by atoms with Gasteiger partial charge in [0.2, 0.25) is 0 Å². The molecule has 0 aliphatic heterocycles. The summed E-state index contributed by atoms with van der Waals surface area (Å²) in [5.41, 5.74) is 2.91. The molecule has 3 rings (SSSR count). The molecule has 5 heteroatoms. The van der Waals surface area contributed by atoms with Crippen molar-refractivity contribution in [3.63, 3.8) is 0 Å². The fraction of sp³-hybridized carbons (Fsp3) is 0.118. The van der Waals surface area contributed by atoms with E-state index in [4.69, 9.17) is 0 Å². The summed E-state index contributed by atoms with van der Waals surface area (Å²) in [5.74, 6) is -0.270. The van der Waals surface area contributed by atoms with Gasteiger partial charge >= 0.3 is 0 Å². The van der Waals surface area contributed by atoms with Gasteiger partial charge < -0.3 is 4.57 Å². The Bertz CT molecular complexity index is 832. The normalized spacial score (nSPS) is 11.6. The molecule has 2 heterocycles. The molecule has 1 aromatic carbocycles. The Hall–Kier alpha value is -2.53. The largest absolute Gasteiger partial charge is 0.319 e. The second-order valence-electron chi connectivity index (χ2n) is 4.96. The number of pyridine rings is 1. The van der Waals surface area contributed by atoms with Gasteiger partial charge in [-0.25, -0.2) is 0 Å². The Morgan fingerprint density at radius 1 is 1.27 bits per heavy atom. The van der Waals surface area contributed by atoms with Crippen molar-refractivity contribution in [1.29, 1.82) is 0 Å². The zero-order valence-electron chi connectivity index (χ0n) is 12.1. The van der Waals surface area contributed by atoms with Crippen molar-refractivity contribution in [3.8, 4) is 0 Å². The van der Waals surface area contributed by atoms with Crippen LogP contribution in [0.25, 0.3) is 0 Å². The lowest BCUT2D eigenvalue weighted by Gasteiger charge is -2.03. The molecular weight excluding hydrogens is 294 g/mol. The smallest absolute Gasteiger partial charge is 0.281 e. The van der Waals surface area contributed by atoms with Crippen LogP contribution in [-0.2, 0) is 6.54 Å². The maximum atomic E-state index is 12.1. The molecule has 0 fully saturated rings. The van der Waals surface area contributed by atoms with E-state index in [1.165, 1.54) is 28.7 Å². The Balaban J connectivity index is 1.87. The summed E-state index contributed by atoms with van der Waals surface area (Å²) in [6, 6.07) is 11.8. The molecule has 3 aromatic rings. The standard InChI is InChI=1S/C17H15N3OS/c1-13-4-6-14(7-5-13)12-20-9-10-22-17(20)19-16(21)15-3-2-8-18-11-15/h2-11H,12H2,1H3. The number of aryl methyl sites for hydroxylation is 1. The molecule has 0 N–H and O–H groups in total. The number of aromatic nitrogens is 2. The molecule has 4 nitrogen and oxygen atoms in total. The van der Waals surface area contributed by atoms with Crippen LogP contribution < -0.4 is 4.80 Å². The molecule has 0 aliphatic carbocycles. The second-order valence-corrected chi connectivity index (χ2v) is 5.83. The molecule has 0 saturated heterocycles. The SMILES string of the molecule is Cc1ccc(Cn2ccsc2=NC(=O)c2cccnc2)cc1. The van der Waals surface area contributed by atoms with Crippen LogP contribution in [-0.4, -0.2) is 15.5 Å². The Morgan fingerprint density at radius 2 is 2.09 bits per heavy atom. The first kappa shape index (κ1) is 14.4. The number of hydrogen-bond donors (Lipinski definition) is 0. The first-order valence-corrected chi connectivity index (χ1v) is 7.79. The number of benzene rings is 1. The molecule has 0 atom stereocenters. The molecular formula is C17H15N3OS. The van der Waals surface area contributed by atoms with Crippen molar-refractivity contribution in [2.75, 3.05) is 0 Å². The van der Waals surface area contributed by atoms with Crippen molar-refractivity contribution >= 4 is 17.2 Å². The van der Waals surface area contributed by atoms with E-state index in [1.807, 2.05) is 16.1 Å². The van der Waals surface area contributed by atoms with Gasteiger partial charge in [-0.1, -0.05) is 29.8 Å². The summed E-state index contributed by atoms with van der Waals surface area (Å²) in [7, 11) is 0. The van der Waals surface area contributed by atoms with Gasteiger partial charge in [-0.3, -0.25) is 9.78 Å². The predicted molar refractivity (Wildman–Crippen MR) is 86.7 cm³/mol. The molecule has 0 unspecified atom stereocenters. The maximum absolute atomic E-state index is 12.1. The van der Waals surface area contributed by atoms with Gasteiger partial charge in [0.25, 0.3) is 5.91 Å². The highest BCUT2D eigenvalue weighted by molar-refractivity contribution is 7.07. The van der Waals surface area contributed by atoms with Crippen molar-refractivity contribution in [1.82, 2.24) is 9.55 Å². The molecule has 110 valence electrons. The lowest BCUT2D eigenvalue weighted by molar-refractivity contribution is 0.0997. The van der Waals surface area contributed by atoms with E-state index in [0.29, 0.717) is 16.9 Å². The van der Waals surface area contributed by atoms with Crippen LogP contribution in [0.3, 0.4) is 0 Å². The lowest BCUT2D eigenvalue weighted by atomic mass is 10.1. The van der Waals surface area contributed by atoms with Crippen LogP contribution in [0.15, 0.2) is 65.4 Å². The van der Waals surface area contributed by atoms with Crippen LogP contribution in [0.4, 0.5) is 0 Å². The highest BCUT2D eigenvalue weighted by Crippen LogP contribution is 2.05. The molecule has 0 spiro atoms. The fourth-order valence-electron chi connectivity index (χ4n) is 2.04. The van der Waals surface area contributed by atoms with E-state index in [1.54, 1.807) is 18.3 Å². The van der Waals surface area contributed by atoms with E-state index in [-0.39, 0.29) is 5.91 Å². The van der Waals surface area contributed by atoms with Crippen LogP contribution in [0.2, 0.25) is 0 Å². The van der Waals surface area contributed by atoms with Gasteiger partial charge in [-0.05, 0) is 24.6 Å².